The van der Waals surface area contributed by atoms with Crippen molar-refractivity contribution in [2.75, 3.05) is 19.8 Å². The lowest BCUT2D eigenvalue weighted by Gasteiger charge is -2.34. The van der Waals surface area contributed by atoms with Crippen LogP contribution < -0.4 is 0 Å². The molecule has 0 saturated carbocycles. The summed E-state index contributed by atoms with van der Waals surface area (Å²) in [6, 6.07) is 7.17. The highest BCUT2D eigenvalue weighted by atomic mass is 79.9. The third-order valence-electron chi connectivity index (χ3n) is 3.21. The van der Waals surface area contributed by atoms with E-state index in [1.54, 1.807) is 11.0 Å². The Morgan fingerprint density at radius 1 is 1.38 bits per heavy atom. The zero-order valence-electron chi connectivity index (χ0n) is 11.4. The Bertz CT molecular complexity index is 541. The molecule has 112 valence electrons. The van der Waals surface area contributed by atoms with Crippen molar-refractivity contribution < 1.29 is 19.4 Å². The number of aliphatic carboxylic acids is 1. The van der Waals surface area contributed by atoms with E-state index in [0.29, 0.717) is 13.2 Å². The third-order valence-corrected chi connectivity index (χ3v) is 3.74. The Hall–Kier alpha value is -1.66. The van der Waals surface area contributed by atoms with E-state index < -0.39 is 12.0 Å². The summed E-state index contributed by atoms with van der Waals surface area (Å²) >= 11 is 3.35. The van der Waals surface area contributed by atoms with Crippen LogP contribution in [0.5, 0.6) is 0 Å². The highest BCUT2D eigenvalue weighted by Gasteiger charge is 2.27. The van der Waals surface area contributed by atoms with Gasteiger partial charge in [-0.25, -0.2) is 0 Å². The number of carboxylic acids is 1. The lowest BCUT2D eigenvalue weighted by Crippen LogP contribution is -2.49. The van der Waals surface area contributed by atoms with Gasteiger partial charge in [-0.05, 0) is 23.8 Å². The molecule has 2 rings (SSSR count). The van der Waals surface area contributed by atoms with Gasteiger partial charge in [0.15, 0.2) is 0 Å². The van der Waals surface area contributed by atoms with E-state index in [-0.39, 0.29) is 18.9 Å². The van der Waals surface area contributed by atoms with Crippen LogP contribution in [0, 0.1) is 0 Å². The van der Waals surface area contributed by atoms with Crippen molar-refractivity contribution in [1.29, 1.82) is 0 Å². The number of amides is 1. The molecule has 0 radical (unpaired) electrons. The molecule has 1 aliphatic heterocycles. The molecule has 21 heavy (non-hydrogen) atoms. The number of ether oxygens (including phenoxy) is 1. The minimum absolute atomic E-state index is 0.0993. The monoisotopic (exact) mass is 353 g/mol. The van der Waals surface area contributed by atoms with Gasteiger partial charge < -0.3 is 14.7 Å². The van der Waals surface area contributed by atoms with Crippen molar-refractivity contribution in [2.45, 2.75) is 12.5 Å². The highest BCUT2D eigenvalue weighted by Crippen LogP contribution is 2.14. The minimum Gasteiger partial charge on any atom is -0.481 e. The zero-order valence-corrected chi connectivity index (χ0v) is 13.0. The first-order chi connectivity index (χ1) is 10.1. The number of benzene rings is 1. The van der Waals surface area contributed by atoms with Crippen LogP contribution >= 0.6 is 15.9 Å². The van der Waals surface area contributed by atoms with Gasteiger partial charge in [-0.15, -0.1) is 0 Å². The zero-order chi connectivity index (χ0) is 15.2. The van der Waals surface area contributed by atoms with Crippen molar-refractivity contribution in [3.05, 3.63) is 40.4 Å². The Balaban J connectivity index is 2.03. The van der Waals surface area contributed by atoms with E-state index in [9.17, 15) is 9.59 Å². The molecule has 1 N–H and O–H groups in total. The molecule has 5 nitrogen and oxygen atoms in total. The molecule has 1 amide bonds. The number of nitrogens with zero attached hydrogens (tertiary/aromatic N) is 1. The number of halogens is 1. The van der Waals surface area contributed by atoms with Gasteiger partial charge in [0.2, 0.25) is 5.91 Å². The number of hydrogen-bond acceptors (Lipinski definition) is 3. The van der Waals surface area contributed by atoms with Gasteiger partial charge in [0.1, 0.15) is 0 Å². The fourth-order valence-corrected chi connectivity index (χ4v) is 2.42. The Morgan fingerprint density at radius 2 is 2.10 bits per heavy atom. The Morgan fingerprint density at radius 3 is 2.76 bits per heavy atom. The smallest absolute Gasteiger partial charge is 0.305 e. The molecule has 6 heteroatoms. The van der Waals surface area contributed by atoms with Gasteiger partial charge >= 0.3 is 5.97 Å². The first-order valence-electron chi connectivity index (χ1n) is 6.60. The molecule has 0 aromatic heterocycles. The van der Waals surface area contributed by atoms with Crippen molar-refractivity contribution in [3.63, 3.8) is 0 Å². The molecular formula is C15H16BrNO4. The summed E-state index contributed by atoms with van der Waals surface area (Å²) in [7, 11) is 0. The van der Waals surface area contributed by atoms with Gasteiger partial charge in [0.05, 0.1) is 25.7 Å². The first kappa shape index (κ1) is 15.7. The molecule has 1 unspecified atom stereocenters. The largest absolute Gasteiger partial charge is 0.481 e. The molecule has 1 heterocycles. The quantitative estimate of drug-likeness (QED) is 0.842. The summed E-state index contributed by atoms with van der Waals surface area (Å²) in [5.41, 5.74) is 0.912. The number of hydrogen-bond donors (Lipinski definition) is 1. The summed E-state index contributed by atoms with van der Waals surface area (Å²) in [6.45, 7) is 1.12. The van der Waals surface area contributed by atoms with Crippen LogP contribution in [-0.2, 0) is 14.3 Å². The summed E-state index contributed by atoms with van der Waals surface area (Å²) in [4.78, 5) is 24.6. The van der Waals surface area contributed by atoms with Crippen LogP contribution in [0.1, 0.15) is 12.0 Å². The molecule has 1 saturated heterocycles. The number of carboxylic acid groups (broad SMARTS) is 1. The van der Waals surface area contributed by atoms with Crippen molar-refractivity contribution in [3.8, 4) is 0 Å². The molecule has 1 aromatic carbocycles. The van der Waals surface area contributed by atoms with Crippen LogP contribution in [0.2, 0.25) is 0 Å². The second kappa shape index (κ2) is 7.38. The molecule has 0 bridgehead atoms. The number of carbonyl (C=O) groups is 2. The average molecular weight is 354 g/mol. The normalized spacial score (nSPS) is 18.9. The van der Waals surface area contributed by atoms with Gasteiger partial charge in [-0.1, -0.05) is 28.1 Å². The lowest BCUT2D eigenvalue weighted by atomic mass is 10.1. The van der Waals surface area contributed by atoms with E-state index in [1.807, 2.05) is 24.3 Å². The number of carbonyl (C=O) groups excluding carboxylic acids is 1. The molecule has 0 aliphatic carbocycles. The van der Waals surface area contributed by atoms with Crippen LogP contribution in [0.15, 0.2) is 34.8 Å². The lowest BCUT2D eigenvalue weighted by molar-refractivity contribution is -0.143. The van der Waals surface area contributed by atoms with E-state index in [4.69, 9.17) is 9.84 Å². The molecule has 0 spiro atoms. The van der Waals surface area contributed by atoms with E-state index in [2.05, 4.69) is 15.9 Å². The van der Waals surface area contributed by atoms with Crippen molar-refractivity contribution in [2.24, 2.45) is 0 Å². The fourth-order valence-electron chi connectivity index (χ4n) is 2.15. The second-order valence-electron chi connectivity index (χ2n) is 4.74. The average Bonchev–Trinajstić information content (AvgIpc) is 2.46. The fraction of sp³-hybridized carbons (Fsp3) is 0.333. The molecule has 1 aromatic rings. The highest BCUT2D eigenvalue weighted by molar-refractivity contribution is 9.10. The molecule has 1 fully saturated rings. The Kier molecular flexibility index (Phi) is 5.52. The van der Waals surface area contributed by atoms with Crippen LogP contribution in [-0.4, -0.2) is 47.7 Å². The topological polar surface area (TPSA) is 66.8 Å². The predicted molar refractivity (Wildman–Crippen MR) is 81.7 cm³/mol. The maximum atomic E-state index is 12.2. The molecule has 1 atom stereocenters. The maximum absolute atomic E-state index is 12.2. The second-order valence-corrected chi connectivity index (χ2v) is 5.66. The first-order valence-corrected chi connectivity index (χ1v) is 7.39. The van der Waals surface area contributed by atoms with Crippen LogP contribution in [0.4, 0.5) is 0 Å². The summed E-state index contributed by atoms with van der Waals surface area (Å²) in [6.07, 6.45) is 3.10. The van der Waals surface area contributed by atoms with Crippen LogP contribution in [0.3, 0.4) is 0 Å². The van der Waals surface area contributed by atoms with Crippen LogP contribution in [0.25, 0.3) is 6.08 Å². The van der Waals surface area contributed by atoms with Gasteiger partial charge in [0.25, 0.3) is 0 Å². The number of morpholine rings is 1. The van der Waals surface area contributed by atoms with Crippen molar-refractivity contribution >= 4 is 33.9 Å². The summed E-state index contributed by atoms with van der Waals surface area (Å²) in [5.74, 6) is -1.12. The van der Waals surface area contributed by atoms with E-state index in [1.165, 1.54) is 6.08 Å². The number of rotatable bonds is 4. The van der Waals surface area contributed by atoms with E-state index in [0.717, 1.165) is 10.0 Å². The summed E-state index contributed by atoms with van der Waals surface area (Å²) < 4.78 is 6.23. The standard InChI is InChI=1S/C15H16BrNO4/c16-12-4-1-11(2-5-12)3-6-14(18)17-7-8-21-10-13(17)9-15(19)20/h1-6,13H,7-10H2,(H,19,20)/b6-3+. The SMILES string of the molecule is O=C(O)CC1COCCN1C(=O)/C=C/c1ccc(Br)cc1. The van der Waals surface area contributed by atoms with Gasteiger partial charge in [0, 0.05) is 17.1 Å². The van der Waals surface area contributed by atoms with E-state index >= 15 is 0 Å². The maximum Gasteiger partial charge on any atom is 0.305 e. The van der Waals surface area contributed by atoms with Gasteiger partial charge in [-0.3, -0.25) is 9.59 Å². The minimum atomic E-state index is -0.930. The predicted octanol–water partition coefficient (Wildman–Crippen LogP) is 2.16. The molecular weight excluding hydrogens is 338 g/mol. The molecule has 1 aliphatic rings. The van der Waals surface area contributed by atoms with Crippen molar-refractivity contribution in [1.82, 2.24) is 4.90 Å². The van der Waals surface area contributed by atoms with Gasteiger partial charge in [-0.2, -0.15) is 0 Å². The summed E-state index contributed by atoms with van der Waals surface area (Å²) in [5, 5.41) is 8.88. The Labute approximate surface area is 131 Å². The third kappa shape index (κ3) is 4.68.